The highest BCUT2D eigenvalue weighted by Gasteiger charge is 2.73. The number of carbonyl (C=O) groups excluding carboxylic acids is 4. The van der Waals surface area contributed by atoms with E-state index in [4.69, 9.17) is 0 Å². The van der Waals surface area contributed by atoms with Gasteiger partial charge in [0.15, 0.2) is 0 Å². The molecule has 0 N–H and O–H groups in total. The van der Waals surface area contributed by atoms with Crippen molar-refractivity contribution in [2.45, 2.75) is 12.8 Å². The van der Waals surface area contributed by atoms with Gasteiger partial charge in [-0.3, -0.25) is 29.0 Å². The molecule has 0 aromatic rings. The van der Waals surface area contributed by atoms with Crippen molar-refractivity contribution in [3.63, 3.8) is 0 Å². The third-order valence-electron chi connectivity index (χ3n) is 6.31. The van der Waals surface area contributed by atoms with E-state index in [0.29, 0.717) is 13.1 Å². The fraction of sp³-hybridized carbons (Fsp3) is 0.818. The minimum atomic E-state index is -0.623. The predicted molar refractivity (Wildman–Crippen MR) is 154 cm³/mol. The topological polar surface area (TPSA) is 74.8 Å². The number of nitrogens with zero attached hydrogens (tertiary/aromatic N) is 2. The summed E-state index contributed by atoms with van der Waals surface area (Å²) in [6, 6.07) is 0. The average molecular weight is 583 g/mol. The second-order valence-electron chi connectivity index (χ2n) is 8.36. The van der Waals surface area contributed by atoms with Gasteiger partial charge >= 0.3 is 0 Å². The van der Waals surface area contributed by atoms with Gasteiger partial charge in [0.05, 0.1) is 23.7 Å². The van der Waals surface area contributed by atoms with Crippen molar-refractivity contribution in [2.75, 3.05) is 70.6 Å². The monoisotopic (exact) mass is 582 g/mol. The molecule has 0 bridgehead atoms. The minimum absolute atomic E-state index is 0.247. The molecule has 3 rings (SSSR count). The quantitative estimate of drug-likeness (QED) is 0.145. The Morgan fingerprint density at radius 3 is 1.09 bits per heavy atom. The van der Waals surface area contributed by atoms with Gasteiger partial charge in [-0.25, -0.2) is 0 Å². The largest absolute Gasteiger partial charge is 0.282 e. The highest BCUT2D eigenvalue weighted by atomic mass is 32.2. The summed E-state index contributed by atoms with van der Waals surface area (Å²) in [7, 11) is 0. The Labute approximate surface area is 230 Å². The predicted octanol–water partition coefficient (Wildman–Crippen LogP) is 2.78. The standard InChI is InChI=1S/C22H34N2O4S6/c25-19-15-16(20(26)23(19)3-1-7-31-11-13-33-9-5-29)18-17(15)21(27)24(22(18)28)4-2-8-32-12-14-34-10-6-30/h15-18,29-30H,1-14H2. The molecule has 0 aromatic heterocycles. The van der Waals surface area contributed by atoms with Crippen LogP contribution in [0.25, 0.3) is 0 Å². The molecule has 2 aliphatic heterocycles. The summed E-state index contributed by atoms with van der Waals surface area (Å²) in [5, 5.41) is 0. The van der Waals surface area contributed by atoms with Gasteiger partial charge in [0.25, 0.3) is 0 Å². The molecule has 12 heteroatoms. The first kappa shape index (κ1) is 28.9. The number of carbonyl (C=O) groups is 4. The van der Waals surface area contributed by atoms with Gasteiger partial charge in [0.1, 0.15) is 0 Å². The van der Waals surface area contributed by atoms with E-state index in [1.54, 1.807) is 0 Å². The van der Waals surface area contributed by atoms with Crippen LogP contribution in [0.3, 0.4) is 0 Å². The highest BCUT2D eigenvalue weighted by molar-refractivity contribution is 8.03. The Morgan fingerprint density at radius 1 is 0.500 bits per heavy atom. The summed E-state index contributed by atoms with van der Waals surface area (Å²) in [5.74, 6) is 6.41. The number of amides is 4. The summed E-state index contributed by atoms with van der Waals surface area (Å²) >= 11 is 15.8. The van der Waals surface area contributed by atoms with E-state index in [9.17, 15) is 19.2 Å². The molecule has 0 atom stereocenters. The van der Waals surface area contributed by atoms with Crippen LogP contribution in [0.2, 0.25) is 0 Å². The normalized spacial score (nSPS) is 25.8. The summed E-state index contributed by atoms with van der Waals surface area (Å²) < 4.78 is 0. The Kier molecular flexibility index (Phi) is 12.7. The van der Waals surface area contributed by atoms with Crippen molar-refractivity contribution in [2.24, 2.45) is 23.7 Å². The molecule has 0 spiro atoms. The van der Waals surface area contributed by atoms with E-state index in [0.717, 1.165) is 70.4 Å². The molecule has 3 aliphatic rings. The second-order valence-corrected chi connectivity index (χ2v) is 14.2. The number of fused-ring (bicyclic) bond motifs is 4. The van der Waals surface area contributed by atoms with Gasteiger partial charge in [0.2, 0.25) is 23.6 Å². The molecule has 0 radical (unpaired) electrons. The van der Waals surface area contributed by atoms with Crippen molar-refractivity contribution in [3.8, 4) is 0 Å². The second kappa shape index (κ2) is 15.0. The summed E-state index contributed by atoms with van der Waals surface area (Å²) in [6.45, 7) is 0.771. The first-order valence-corrected chi connectivity index (χ1v) is 17.7. The van der Waals surface area contributed by atoms with E-state index in [-0.39, 0.29) is 23.6 Å². The van der Waals surface area contributed by atoms with Gasteiger partial charge in [-0.05, 0) is 35.9 Å². The van der Waals surface area contributed by atoms with Gasteiger partial charge in [0, 0.05) is 47.6 Å². The molecule has 0 aromatic carbocycles. The van der Waals surface area contributed by atoms with Crippen molar-refractivity contribution >= 4 is 95.9 Å². The average Bonchev–Trinajstić information content (AvgIpc) is 3.11. The lowest BCUT2D eigenvalue weighted by molar-refractivity contribution is -0.146. The fourth-order valence-corrected chi connectivity index (χ4v) is 9.18. The van der Waals surface area contributed by atoms with E-state index in [1.807, 2.05) is 47.0 Å². The van der Waals surface area contributed by atoms with E-state index >= 15 is 0 Å². The molecule has 34 heavy (non-hydrogen) atoms. The lowest BCUT2D eigenvalue weighted by atomic mass is 9.59. The molecule has 2 saturated heterocycles. The van der Waals surface area contributed by atoms with Crippen LogP contribution in [0.15, 0.2) is 0 Å². The SMILES string of the molecule is O=C1C2C(C(=O)N1CCCSCCSCCS)C1C(=O)N(CCCSCCSCCS)C(=O)C21. The van der Waals surface area contributed by atoms with Crippen molar-refractivity contribution in [1.29, 1.82) is 0 Å². The molecule has 6 nitrogen and oxygen atoms in total. The first-order valence-electron chi connectivity index (χ1n) is 11.8. The zero-order valence-electron chi connectivity index (χ0n) is 19.3. The van der Waals surface area contributed by atoms with Crippen LogP contribution in [0.1, 0.15) is 12.8 Å². The lowest BCUT2D eigenvalue weighted by Gasteiger charge is -2.36. The summed E-state index contributed by atoms with van der Waals surface area (Å²) in [5.41, 5.74) is 0. The summed E-state index contributed by atoms with van der Waals surface area (Å²) in [4.78, 5) is 54.3. The van der Waals surface area contributed by atoms with Crippen molar-refractivity contribution in [1.82, 2.24) is 9.80 Å². The Hall–Kier alpha value is 0.380. The lowest BCUT2D eigenvalue weighted by Crippen LogP contribution is -2.50. The number of hydrogen-bond acceptors (Lipinski definition) is 10. The third kappa shape index (κ3) is 6.82. The summed E-state index contributed by atoms with van der Waals surface area (Å²) in [6.07, 6.45) is 1.49. The number of likely N-dealkylation sites (tertiary alicyclic amines) is 2. The van der Waals surface area contributed by atoms with Crippen LogP contribution >= 0.6 is 72.3 Å². The smallest absolute Gasteiger partial charge is 0.233 e. The van der Waals surface area contributed by atoms with Gasteiger partial charge in [-0.15, -0.1) is 0 Å². The first-order chi connectivity index (χ1) is 16.5. The molecule has 0 unspecified atom stereocenters. The number of imide groups is 2. The number of thioether (sulfide) groups is 4. The molecule has 4 amide bonds. The molecule has 3 fully saturated rings. The minimum Gasteiger partial charge on any atom is -0.282 e. The third-order valence-corrected chi connectivity index (χ3v) is 12.0. The maximum absolute atomic E-state index is 12.9. The zero-order chi connectivity index (χ0) is 24.5. The molecule has 1 aliphatic carbocycles. The van der Waals surface area contributed by atoms with Crippen LogP contribution in [-0.2, 0) is 19.2 Å². The van der Waals surface area contributed by atoms with Crippen LogP contribution in [0.5, 0.6) is 0 Å². The molecule has 192 valence electrons. The van der Waals surface area contributed by atoms with Gasteiger partial charge in [-0.2, -0.15) is 72.3 Å². The van der Waals surface area contributed by atoms with Crippen LogP contribution in [-0.4, -0.2) is 104 Å². The van der Waals surface area contributed by atoms with Crippen LogP contribution in [0.4, 0.5) is 0 Å². The van der Waals surface area contributed by atoms with E-state index in [2.05, 4.69) is 25.3 Å². The van der Waals surface area contributed by atoms with E-state index in [1.165, 1.54) is 9.80 Å². The fourth-order valence-electron chi connectivity index (χ4n) is 4.78. The van der Waals surface area contributed by atoms with E-state index < -0.39 is 23.7 Å². The number of hydrogen-bond donors (Lipinski definition) is 2. The molecular weight excluding hydrogens is 549 g/mol. The van der Waals surface area contributed by atoms with Crippen LogP contribution < -0.4 is 0 Å². The molecular formula is C22H34N2O4S6. The van der Waals surface area contributed by atoms with Crippen LogP contribution in [0, 0.1) is 23.7 Å². The maximum Gasteiger partial charge on any atom is 0.233 e. The Balaban J connectivity index is 1.39. The van der Waals surface area contributed by atoms with Gasteiger partial charge in [-0.1, -0.05) is 0 Å². The molecule has 2 heterocycles. The number of thiol groups is 2. The zero-order valence-corrected chi connectivity index (χ0v) is 24.3. The number of rotatable bonds is 18. The highest BCUT2D eigenvalue weighted by Crippen LogP contribution is 2.56. The Morgan fingerprint density at radius 2 is 0.794 bits per heavy atom. The van der Waals surface area contributed by atoms with Crippen molar-refractivity contribution in [3.05, 3.63) is 0 Å². The molecule has 1 saturated carbocycles. The van der Waals surface area contributed by atoms with Crippen molar-refractivity contribution < 1.29 is 19.2 Å². The maximum atomic E-state index is 12.9. The van der Waals surface area contributed by atoms with Gasteiger partial charge < -0.3 is 0 Å². The Bertz CT molecular complexity index is 634.